The molecular weight excluding hydrogens is 260 g/mol. The zero-order chi connectivity index (χ0) is 15.0. The van der Waals surface area contributed by atoms with Crippen LogP contribution in [0, 0.1) is 0 Å². The third-order valence-electron chi connectivity index (χ3n) is 2.99. The number of aliphatic hydroxyl groups is 1. The van der Waals surface area contributed by atoms with Gasteiger partial charge >= 0.3 is 6.09 Å². The molecule has 0 saturated carbocycles. The Balaban J connectivity index is 2.26. The maximum Gasteiger partial charge on any atom is 0.410 e. The molecule has 1 amide bonds. The zero-order valence-electron chi connectivity index (χ0n) is 12.9. The summed E-state index contributed by atoms with van der Waals surface area (Å²) >= 11 is 0. The Bertz CT molecular complexity index is 291. The van der Waals surface area contributed by atoms with Gasteiger partial charge in [-0.2, -0.15) is 0 Å². The van der Waals surface area contributed by atoms with Gasteiger partial charge in [0.2, 0.25) is 0 Å². The van der Waals surface area contributed by atoms with Crippen LogP contribution in [0.4, 0.5) is 4.79 Å². The first-order chi connectivity index (χ1) is 9.42. The summed E-state index contributed by atoms with van der Waals surface area (Å²) in [6.07, 6.45) is 1.80. The molecule has 0 aromatic rings. The predicted molar refractivity (Wildman–Crippen MR) is 76.7 cm³/mol. The Labute approximate surface area is 121 Å². The fraction of sp³-hybridized carbons (Fsp3) is 0.929. The van der Waals surface area contributed by atoms with Crippen LogP contribution in [0.5, 0.6) is 0 Å². The molecule has 1 atom stereocenters. The number of rotatable bonds is 6. The van der Waals surface area contributed by atoms with Gasteiger partial charge in [-0.3, -0.25) is 0 Å². The molecular formula is C14H28N2O4. The van der Waals surface area contributed by atoms with E-state index in [2.05, 4.69) is 5.32 Å². The number of likely N-dealkylation sites (tertiary alicyclic amines) is 1. The number of carbonyl (C=O) groups is 1. The number of hydrogen-bond acceptors (Lipinski definition) is 5. The second-order valence-corrected chi connectivity index (χ2v) is 6.06. The van der Waals surface area contributed by atoms with Gasteiger partial charge in [-0.15, -0.1) is 0 Å². The van der Waals surface area contributed by atoms with Gasteiger partial charge in [0, 0.05) is 25.7 Å². The maximum atomic E-state index is 12.0. The molecule has 0 spiro atoms. The van der Waals surface area contributed by atoms with E-state index in [1.54, 1.807) is 4.90 Å². The molecule has 0 aromatic carbocycles. The highest BCUT2D eigenvalue weighted by atomic mass is 16.6. The fourth-order valence-corrected chi connectivity index (χ4v) is 2.14. The van der Waals surface area contributed by atoms with Crippen LogP contribution in [0.3, 0.4) is 0 Å². The van der Waals surface area contributed by atoms with Crippen LogP contribution in [0.25, 0.3) is 0 Å². The lowest BCUT2D eigenvalue weighted by molar-refractivity contribution is 0.0183. The van der Waals surface area contributed by atoms with Crippen molar-refractivity contribution in [1.82, 2.24) is 10.2 Å². The van der Waals surface area contributed by atoms with Gasteiger partial charge in [0.25, 0.3) is 0 Å². The minimum Gasteiger partial charge on any atom is -0.444 e. The van der Waals surface area contributed by atoms with Crippen LogP contribution in [0.1, 0.15) is 33.6 Å². The Morgan fingerprint density at radius 1 is 1.40 bits per heavy atom. The first-order valence-electron chi connectivity index (χ1n) is 7.32. The van der Waals surface area contributed by atoms with Gasteiger partial charge in [-0.05, 0) is 33.6 Å². The molecule has 2 N–H and O–H groups in total. The number of piperidine rings is 1. The molecule has 6 nitrogen and oxygen atoms in total. The van der Waals surface area contributed by atoms with Gasteiger partial charge in [-0.25, -0.2) is 4.79 Å². The Morgan fingerprint density at radius 2 is 2.15 bits per heavy atom. The molecule has 0 aromatic heterocycles. The van der Waals surface area contributed by atoms with Crippen molar-refractivity contribution >= 4 is 6.09 Å². The SMILES string of the molecule is CC(C)(C)OC(=O)N1CCCC(NCCOCCO)C1. The molecule has 1 fully saturated rings. The highest BCUT2D eigenvalue weighted by Crippen LogP contribution is 2.15. The van der Waals surface area contributed by atoms with Crippen LogP contribution in [0.15, 0.2) is 0 Å². The average molecular weight is 288 g/mol. The molecule has 1 rings (SSSR count). The average Bonchev–Trinajstić information content (AvgIpc) is 2.37. The molecule has 118 valence electrons. The van der Waals surface area contributed by atoms with E-state index < -0.39 is 5.60 Å². The monoisotopic (exact) mass is 288 g/mol. The number of carbonyl (C=O) groups excluding carboxylic acids is 1. The summed E-state index contributed by atoms with van der Waals surface area (Å²) in [4.78, 5) is 13.8. The molecule has 1 aliphatic rings. The first kappa shape index (κ1) is 17.2. The topological polar surface area (TPSA) is 71.0 Å². The van der Waals surface area contributed by atoms with E-state index in [-0.39, 0.29) is 18.7 Å². The van der Waals surface area contributed by atoms with Crippen molar-refractivity contribution in [1.29, 1.82) is 0 Å². The number of nitrogens with zero attached hydrogens (tertiary/aromatic N) is 1. The molecule has 0 bridgehead atoms. The Hall–Kier alpha value is -0.850. The van der Waals surface area contributed by atoms with E-state index in [0.29, 0.717) is 19.8 Å². The molecule has 1 unspecified atom stereocenters. The van der Waals surface area contributed by atoms with Gasteiger partial charge < -0.3 is 24.8 Å². The normalized spacial score (nSPS) is 20.0. The Kier molecular flexibility index (Phi) is 7.26. The number of amides is 1. The Morgan fingerprint density at radius 3 is 2.80 bits per heavy atom. The van der Waals surface area contributed by atoms with Gasteiger partial charge in [0.15, 0.2) is 0 Å². The van der Waals surface area contributed by atoms with E-state index in [1.165, 1.54) is 0 Å². The van der Waals surface area contributed by atoms with E-state index >= 15 is 0 Å². The van der Waals surface area contributed by atoms with Gasteiger partial charge in [0.1, 0.15) is 5.60 Å². The molecule has 1 saturated heterocycles. The third-order valence-corrected chi connectivity index (χ3v) is 2.99. The standard InChI is InChI=1S/C14H28N2O4/c1-14(2,3)20-13(18)16-7-4-5-12(11-16)15-6-9-19-10-8-17/h12,15,17H,4-11H2,1-3H3. The van der Waals surface area contributed by atoms with E-state index in [0.717, 1.165) is 25.9 Å². The summed E-state index contributed by atoms with van der Waals surface area (Å²) in [5.74, 6) is 0. The van der Waals surface area contributed by atoms with Crippen LogP contribution < -0.4 is 5.32 Å². The van der Waals surface area contributed by atoms with Crippen molar-refractivity contribution in [3.8, 4) is 0 Å². The third kappa shape index (κ3) is 7.07. The van der Waals surface area contributed by atoms with Gasteiger partial charge in [0.05, 0.1) is 19.8 Å². The molecule has 1 aliphatic heterocycles. The van der Waals surface area contributed by atoms with Gasteiger partial charge in [-0.1, -0.05) is 0 Å². The van der Waals surface area contributed by atoms with Crippen molar-refractivity contribution < 1.29 is 19.4 Å². The lowest BCUT2D eigenvalue weighted by Gasteiger charge is -2.34. The number of hydrogen-bond donors (Lipinski definition) is 2. The summed E-state index contributed by atoms with van der Waals surface area (Å²) in [5, 5.41) is 12.0. The van der Waals surface area contributed by atoms with Crippen molar-refractivity contribution in [2.24, 2.45) is 0 Å². The van der Waals surface area contributed by atoms with Crippen molar-refractivity contribution in [3.63, 3.8) is 0 Å². The van der Waals surface area contributed by atoms with Crippen LogP contribution in [0.2, 0.25) is 0 Å². The molecule has 6 heteroatoms. The summed E-state index contributed by atoms with van der Waals surface area (Å²) in [6, 6.07) is 0.286. The minimum absolute atomic E-state index is 0.0514. The molecule has 1 heterocycles. The van der Waals surface area contributed by atoms with Crippen LogP contribution in [-0.2, 0) is 9.47 Å². The maximum absolute atomic E-state index is 12.0. The smallest absolute Gasteiger partial charge is 0.410 e. The fourth-order valence-electron chi connectivity index (χ4n) is 2.14. The molecule has 0 aliphatic carbocycles. The lowest BCUT2D eigenvalue weighted by Crippen LogP contribution is -2.49. The molecule has 0 radical (unpaired) electrons. The highest BCUT2D eigenvalue weighted by molar-refractivity contribution is 5.68. The number of ether oxygens (including phenoxy) is 2. The highest BCUT2D eigenvalue weighted by Gasteiger charge is 2.27. The first-order valence-corrected chi connectivity index (χ1v) is 7.32. The summed E-state index contributed by atoms with van der Waals surface area (Å²) in [5.41, 5.74) is -0.449. The van der Waals surface area contributed by atoms with Crippen molar-refractivity contribution in [3.05, 3.63) is 0 Å². The number of aliphatic hydroxyl groups excluding tert-OH is 1. The van der Waals surface area contributed by atoms with Crippen molar-refractivity contribution in [2.45, 2.75) is 45.3 Å². The van der Waals surface area contributed by atoms with E-state index in [4.69, 9.17) is 14.6 Å². The van der Waals surface area contributed by atoms with Crippen LogP contribution >= 0.6 is 0 Å². The second kappa shape index (κ2) is 8.44. The summed E-state index contributed by atoms with van der Waals surface area (Å²) < 4.78 is 10.6. The van der Waals surface area contributed by atoms with Crippen LogP contribution in [-0.4, -0.2) is 67.2 Å². The summed E-state index contributed by atoms with van der Waals surface area (Å²) in [7, 11) is 0. The zero-order valence-corrected chi connectivity index (χ0v) is 12.9. The van der Waals surface area contributed by atoms with E-state index in [1.807, 2.05) is 20.8 Å². The largest absolute Gasteiger partial charge is 0.444 e. The predicted octanol–water partition coefficient (Wildman–Crippen LogP) is 0.984. The van der Waals surface area contributed by atoms with Crippen molar-refractivity contribution in [2.75, 3.05) is 39.5 Å². The quantitative estimate of drug-likeness (QED) is 0.713. The van der Waals surface area contributed by atoms with E-state index in [9.17, 15) is 4.79 Å². The lowest BCUT2D eigenvalue weighted by atomic mass is 10.1. The summed E-state index contributed by atoms with van der Waals surface area (Å²) in [6.45, 7) is 8.79. The second-order valence-electron chi connectivity index (χ2n) is 6.06. The number of nitrogens with one attached hydrogen (secondary N) is 1. The molecule has 20 heavy (non-hydrogen) atoms. The minimum atomic E-state index is -0.449.